The summed E-state index contributed by atoms with van der Waals surface area (Å²) < 4.78 is 1.18. The number of benzene rings is 1. The highest BCUT2D eigenvalue weighted by atomic mass is 127. The van der Waals surface area contributed by atoms with E-state index in [0.717, 1.165) is 17.0 Å². The van der Waals surface area contributed by atoms with Gasteiger partial charge in [-0.2, -0.15) is 5.10 Å². The molecule has 0 atom stereocenters. The van der Waals surface area contributed by atoms with Gasteiger partial charge in [0, 0.05) is 15.0 Å². The molecule has 0 aliphatic rings. The van der Waals surface area contributed by atoms with Crippen LogP contribution < -0.4 is 5.43 Å². The number of anilines is 1. The van der Waals surface area contributed by atoms with Crippen LogP contribution in [0.4, 0.5) is 5.95 Å². The standard InChI is InChI=1S/C13H13IN4/c1-9-6-10(2)17-13(16-9)18-15-8-11-4-3-5-12(14)7-11/h3-8H,1-2H3,(H,16,17,18)/b15-8-. The summed E-state index contributed by atoms with van der Waals surface area (Å²) in [4.78, 5) is 8.49. The van der Waals surface area contributed by atoms with E-state index < -0.39 is 0 Å². The Morgan fingerprint density at radius 2 is 1.89 bits per heavy atom. The first kappa shape index (κ1) is 12.9. The van der Waals surface area contributed by atoms with Gasteiger partial charge in [-0.3, -0.25) is 0 Å². The molecule has 5 heteroatoms. The molecule has 0 aliphatic heterocycles. The van der Waals surface area contributed by atoms with Crippen molar-refractivity contribution in [3.8, 4) is 0 Å². The third kappa shape index (κ3) is 3.76. The second-order valence-corrected chi connectivity index (χ2v) is 5.14. The maximum Gasteiger partial charge on any atom is 0.243 e. The van der Waals surface area contributed by atoms with Crippen LogP contribution >= 0.6 is 22.6 Å². The number of nitrogens with zero attached hydrogens (tertiary/aromatic N) is 3. The molecule has 2 aromatic rings. The average molecular weight is 352 g/mol. The van der Waals surface area contributed by atoms with Gasteiger partial charge in [0.25, 0.3) is 0 Å². The van der Waals surface area contributed by atoms with Crippen molar-refractivity contribution in [2.45, 2.75) is 13.8 Å². The zero-order valence-corrected chi connectivity index (χ0v) is 12.3. The van der Waals surface area contributed by atoms with E-state index in [0.29, 0.717) is 5.95 Å². The summed E-state index contributed by atoms with van der Waals surface area (Å²) >= 11 is 2.27. The SMILES string of the molecule is Cc1cc(C)nc(N/N=C\c2cccc(I)c2)n1. The molecule has 0 fully saturated rings. The molecule has 0 radical (unpaired) electrons. The van der Waals surface area contributed by atoms with Crippen molar-refractivity contribution >= 4 is 34.8 Å². The van der Waals surface area contributed by atoms with Crippen molar-refractivity contribution in [3.05, 3.63) is 50.9 Å². The minimum Gasteiger partial charge on any atom is -0.245 e. The van der Waals surface area contributed by atoms with Gasteiger partial charge in [-0.1, -0.05) is 12.1 Å². The van der Waals surface area contributed by atoms with Crippen LogP contribution in [0.1, 0.15) is 17.0 Å². The van der Waals surface area contributed by atoms with E-state index in [4.69, 9.17) is 0 Å². The van der Waals surface area contributed by atoms with E-state index >= 15 is 0 Å². The summed E-state index contributed by atoms with van der Waals surface area (Å²) in [6, 6.07) is 10.0. The molecule has 2 rings (SSSR count). The molecule has 0 bridgehead atoms. The third-order valence-electron chi connectivity index (χ3n) is 2.21. The summed E-state index contributed by atoms with van der Waals surface area (Å²) in [6.07, 6.45) is 1.75. The Balaban J connectivity index is 2.07. The van der Waals surface area contributed by atoms with E-state index in [2.05, 4.69) is 43.1 Å². The van der Waals surface area contributed by atoms with Gasteiger partial charge in [-0.25, -0.2) is 15.4 Å². The molecule has 0 amide bonds. The molecular weight excluding hydrogens is 339 g/mol. The lowest BCUT2D eigenvalue weighted by molar-refractivity contribution is 1.04. The molecule has 0 spiro atoms. The van der Waals surface area contributed by atoms with Gasteiger partial charge in [-0.05, 0) is 60.2 Å². The smallest absolute Gasteiger partial charge is 0.243 e. The maximum atomic E-state index is 4.25. The second-order valence-electron chi connectivity index (χ2n) is 3.90. The minimum absolute atomic E-state index is 0.523. The molecular formula is C13H13IN4. The van der Waals surface area contributed by atoms with Gasteiger partial charge >= 0.3 is 0 Å². The largest absolute Gasteiger partial charge is 0.245 e. The van der Waals surface area contributed by atoms with Gasteiger partial charge in [0.2, 0.25) is 5.95 Å². The van der Waals surface area contributed by atoms with E-state index in [1.165, 1.54) is 3.57 Å². The Kier molecular flexibility index (Phi) is 4.24. The van der Waals surface area contributed by atoms with Crippen LogP contribution in [0.3, 0.4) is 0 Å². The van der Waals surface area contributed by atoms with E-state index in [9.17, 15) is 0 Å². The van der Waals surface area contributed by atoms with Crippen molar-refractivity contribution in [2.75, 3.05) is 5.43 Å². The molecule has 18 heavy (non-hydrogen) atoms. The van der Waals surface area contributed by atoms with Crippen molar-refractivity contribution in [1.29, 1.82) is 0 Å². The van der Waals surface area contributed by atoms with Crippen LogP contribution in [-0.4, -0.2) is 16.2 Å². The Labute approximate surface area is 120 Å². The molecule has 1 aromatic carbocycles. The second kappa shape index (κ2) is 5.90. The first-order chi connectivity index (χ1) is 8.63. The number of hydrogen-bond donors (Lipinski definition) is 1. The summed E-state index contributed by atoms with van der Waals surface area (Å²) in [6.45, 7) is 3.87. The lowest BCUT2D eigenvalue weighted by Gasteiger charge is -2.01. The molecule has 0 aliphatic carbocycles. The van der Waals surface area contributed by atoms with Crippen LogP contribution in [0.2, 0.25) is 0 Å². The molecule has 4 nitrogen and oxygen atoms in total. The summed E-state index contributed by atoms with van der Waals surface area (Å²) in [5.41, 5.74) is 5.73. The number of hydrazone groups is 1. The minimum atomic E-state index is 0.523. The van der Waals surface area contributed by atoms with Crippen molar-refractivity contribution < 1.29 is 0 Å². The molecule has 92 valence electrons. The van der Waals surface area contributed by atoms with Crippen LogP contribution in [-0.2, 0) is 0 Å². The normalized spacial score (nSPS) is 10.8. The van der Waals surface area contributed by atoms with Gasteiger partial charge in [0.05, 0.1) is 6.21 Å². The summed E-state index contributed by atoms with van der Waals surface area (Å²) in [7, 11) is 0. The van der Waals surface area contributed by atoms with Crippen molar-refractivity contribution in [3.63, 3.8) is 0 Å². The Hall–Kier alpha value is -1.50. The molecule has 0 saturated carbocycles. The van der Waals surface area contributed by atoms with E-state index in [1.54, 1.807) is 6.21 Å². The van der Waals surface area contributed by atoms with Gasteiger partial charge in [-0.15, -0.1) is 0 Å². The number of aromatic nitrogens is 2. The fourth-order valence-corrected chi connectivity index (χ4v) is 2.09. The highest BCUT2D eigenvalue weighted by Gasteiger charge is 1.96. The van der Waals surface area contributed by atoms with Crippen molar-refractivity contribution in [1.82, 2.24) is 9.97 Å². The highest BCUT2D eigenvalue weighted by Crippen LogP contribution is 2.06. The van der Waals surface area contributed by atoms with Crippen LogP contribution in [0, 0.1) is 17.4 Å². The molecule has 1 aromatic heterocycles. The Morgan fingerprint density at radius 1 is 1.17 bits per heavy atom. The van der Waals surface area contributed by atoms with Gasteiger partial charge in [0.1, 0.15) is 0 Å². The lowest BCUT2D eigenvalue weighted by atomic mass is 10.2. The predicted octanol–water partition coefficient (Wildman–Crippen LogP) is 3.14. The molecule has 0 unspecified atom stereocenters. The molecule has 0 saturated heterocycles. The monoisotopic (exact) mass is 352 g/mol. The first-order valence-corrected chi connectivity index (χ1v) is 6.58. The van der Waals surface area contributed by atoms with Crippen molar-refractivity contribution in [2.24, 2.45) is 5.10 Å². The van der Waals surface area contributed by atoms with Crippen LogP contribution in [0.25, 0.3) is 0 Å². The van der Waals surface area contributed by atoms with Gasteiger partial charge < -0.3 is 0 Å². The average Bonchev–Trinajstić information content (AvgIpc) is 2.27. The number of rotatable bonds is 3. The number of halogens is 1. The van der Waals surface area contributed by atoms with E-state index in [-0.39, 0.29) is 0 Å². The third-order valence-corrected chi connectivity index (χ3v) is 2.88. The Morgan fingerprint density at radius 3 is 2.56 bits per heavy atom. The Bertz CT molecular complexity index is 561. The lowest BCUT2D eigenvalue weighted by Crippen LogP contribution is -1.99. The predicted molar refractivity (Wildman–Crippen MR) is 81.9 cm³/mol. The summed E-state index contributed by atoms with van der Waals surface area (Å²) in [5, 5.41) is 4.13. The molecule has 1 heterocycles. The zero-order valence-electron chi connectivity index (χ0n) is 10.2. The fourth-order valence-electron chi connectivity index (χ4n) is 1.53. The topological polar surface area (TPSA) is 50.2 Å². The first-order valence-electron chi connectivity index (χ1n) is 5.50. The van der Waals surface area contributed by atoms with Crippen LogP contribution in [0.15, 0.2) is 35.4 Å². The molecule has 1 N–H and O–H groups in total. The number of nitrogens with one attached hydrogen (secondary N) is 1. The van der Waals surface area contributed by atoms with E-state index in [1.807, 2.05) is 44.2 Å². The summed E-state index contributed by atoms with van der Waals surface area (Å²) in [5.74, 6) is 0.523. The number of aryl methyl sites for hydroxylation is 2. The highest BCUT2D eigenvalue weighted by molar-refractivity contribution is 14.1. The maximum absolute atomic E-state index is 4.25. The van der Waals surface area contributed by atoms with Gasteiger partial charge in [0.15, 0.2) is 0 Å². The zero-order chi connectivity index (χ0) is 13.0. The fraction of sp³-hybridized carbons (Fsp3) is 0.154. The number of hydrogen-bond acceptors (Lipinski definition) is 4. The van der Waals surface area contributed by atoms with Crippen LogP contribution in [0.5, 0.6) is 0 Å². The quantitative estimate of drug-likeness (QED) is 0.525.